The van der Waals surface area contributed by atoms with Crippen molar-refractivity contribution in [3.63, 3.8) is 0 Å². The minimum Gasteiger partial charge on any atom is -0.410 e. The minimum atomic E-state index is -0.270. The molecule has 1 amide bonds. The van der Waals surface area contributed by atoms with Crippen molar-refractivity contribution in [3.8, 4) is 5.75 Å². The molecule has 1 aliphatic rings. The van der Waals surface area contributed by atoms with Gasteiger partial charge in [0, 0.05) is 62.8 Å². The lowest BCUT2D eigenvalue weighted by Gasteiger charge is -2.34. The number of carbonyl (C=O) groups is 1. The van der Waals surface area contributed by atoms with Crippen molar-refractivity contribution in [2.45, 2.75) is 30.7 Å². The SMILES string of the molecule is Cc1cccc(CCCN2CCN(C(=O)Oc3ccc(CSc4nccn4C)cc3)CC2)n1. The summed E-state index contributed by atoms with van der Waals surface area (Å²) in [5, 5.41) is 0.983. The molecule has 0 unspecified atom stereocenters. The molecule has 0 radical (unpaired) electrons. The number of amides is 1. The summed E-state index contributed by atoms with van der Waals surface area (Å²) in [4.78, 5) is 25.7. The van der Waals surface area contributed by atoms with Crippen molar-refractivity contribution < 1.29 is 9.53 Å². The average molecular weight is 466 g/mol. The Morgan fingerprint density at radius 1 is 1.09 bits per heavy atom. The number of aryl methyl sites for hydroxylation is 3. The number of ether oxygens (including phenoxy) is 1. The lowest BCUT2D eigenvalue weighted by molar-refractivity contribution is 0.110. The molecule has 2 aromatic heterocycles. The number of pyridine rings is 1. The second-order valence-electron chi connectivity index (χ2n) is 8.32. The second-order valence-corrected chi connectivity index (χ2v) is 9.27. The summed E-state index contributed by atoms with van der Waals surface area (Å²) in [5.74, 6) is 1.40. The Kier molecular flexibility index (Phi) is 8.01. The summed E-state index contributed by atoms with van der Waals surface area (Å²) in [6.45, 7) is 6.19. The topological polar surface area (TPSA) is 63.5 Å². The second kappa shape index (κ2) is 11.3. The van der Waals surface area contributed by atoms with Crippen molar-refractivity contribution in [2.75, 3.05) is 32.7 Å². The third-order valence-electron chi connectivity index (χ3n) is 5.76. The van der Waals surface area contributed by atoms with Crippen LogP contribution in [0.3, 0.4) is 0 Å². The zero-order valence-electron chi connectivity index (χ0n) is 19.3. The van der Waals surface area contributed by atoms with Gasteiger partial charge in [0.05, 0.1) is 0 Å². The van der Waals surface area contributed by atoms with E-state index < -0.39 is 0 Å². The van der Waals surface area contributed by atoms with Crippen LogP contribution in [-0.2, 0) is 19.2 Å². The van der Waals surface area contributed by atoms with Crippen molar-refractivity contribution >= 4 is 17.9 Å². The zero-order valence-corrected chi connectivity index (χ0v) is 20.1. The van der Waals surface area contributed by atoms with E-state index in [4.69, 9.17) is 4.74 Å². The van der Waals surface area contributed by atoms with Crippen LogP contribution in [0.4, 0.5) is 4.79 Å². The highest BCUT2D eigenvalue weighted by Crippen LogP contribution is 2.22. The van der Waals surface area contributed by atoms with E-state index in [-0.39, 0.29) is 6.09 Å². The molecule has 7 nitrogen and oxygen atoms in total. The number of benzene rings is 1. The first kappa shape index (κ1) is 23.3. The molecule has 0 aliphatic carbocycles. The predicted molar refractivity (Wildman–Crippen MR) is 131 cm³/mol. The molecule has 0 N–H and O–H groups in total. The molecule has 3 heterocycles. The number of rotatable bonds is 8. The molecule has 1 fully saturated rings. The molecular weight excluding hydrogens is 434 g/mol. The molecule has 33 heavy (non-hydrogen) atoms. The van der Waals surface area contributed by atoms with E-state index >= 15 is 0 Å². The first-order chi connectivity index (χ1) is 16.1. The first-order valence-corrected chi connectivity index (χ1v) is 12.4. The smallest absolute Gasteiger partial charge is 0.410 e. The Labute approximate surface area is 199 Å². The highest BCUT2D eigenvalue weighted by atomic mass is 32.2. The zero-order chi connectivity index (χ0) is 23.0. The maximum Gasteiger partial charge on any atom is 0.415 e. The van der Waals surface area contributed by atoms with Crippen LogP contribution in [0.15, 0.2) is 60.0 Å². The molecule has 0 atom stereocenters. The Morgan fingerprint density at radius 2 is 1.88 bits per heavy atom. The summed E-state index contributed by atoms with van der Waals surface area (Å²) in [5.41, 5.74) is 3.38. The van der Waals surface area contributed by atoms with Crippen LogP contribution in [0.25, 0.3) is 0 Å². The largest absolute Gasteiger partial charge is 0.415 e. The lowest BCUT2D eigenvalue weighted by atomic mass is 10.2. The Bertz CT molecular complexity index is 1040. The Hall–Kier alpha value is -2.84. The summed E-state index contributed by atoms with van der Waals surface area (Å²) < 4.78 is 7.60. The van der Waals surface area contributed by atoms with Gasteiger partial charge in [0.2, 0.25) is 0 Å². The number of hydrogen-bond donors (Lipinski definition) is 0. The number of aromatic nitrogens is 3. The standard InChI is InChI=1S/C25H31N5O2S/c1-20-5-3-6-22(27-20)7-4-13-29-15-17-30(18-16-29)25(31)32-23-10-8-21(9-11-23)19-33-24-26-12-14-28(24)2/h3,5-6,8-12,14H,4,7,13,15-19H2,1-2H3. The van der Waals surface area contributed by atoms with Gasteiger partial charge in [0.1, 0.15) is 5.75 Å². The van der Waals surface area contributed by atoms with E-state index in [0.717, 1.165) is 60.3 Å². The van der Waals surface area contributed by atoms with Crippen molar-refractivity contribution in [3.05, 3.63) is 71.8 Å². The molecule has 0 spiro atoms. The van der Waals surface area contributed by atoms with E-state index in [0.29, 0.717) is 18.8 Å². The van der Waals surface area contributed by atoms with Gasteiger partial charge in [0.25, 0.3) is 0 Å². The number of thioether (sulfide) groups is 1. The van der Waals surface area contributed by atoms with Gasteiger partial charge < -0.3 is 14.2 Å². The molecule has 3 aromatic rings. The van der Waals surface area contributed by atoms with E-state index in [1.807, 2.05) is 55.1 Å². The molecule has 1 aliphatic heterocycles. The quantitative estimate of drug-likeness (QED) is 0.466. The van der Waals surface area contributed by atoms with Gasteiger partial charge in [-0.1, -0.05) is 30.0 Å². The van der Waals surface area contributed by atoms with Crippen LogP contribution in [0.1, 0.15) is 23.4 Å². The lowest BCUT2D eigenvalue weighted by Crippen LogP contribution is -2.49. The molecule has 1 saturated heterocycles. The van der Waals surface area contributed by atoms with E-state index in [1.165, 1.54) is 0 Å². The normalized spacial score (nSPS) is 14.4. The van der Waals surface area contributed by atoms with Crippen LogP contribution in [-0.4, -0.2) is 63.2 Å². The molecule has 0 bridgehead atoms. The van der Waals surface area contributed by atoms with Gasteiger partial charge in [-0.25, -0.2) is 9.78 Å². The summed E-state index contributed by atoms with van der Waals surface area (Å²) in [6, 6.07) is 13.9. The number of imidazole rings is 1. The van der Waals surface area contributed by atoms with E-state index in [2.05, 4.69) is 27.0 Å². The van der Waals surface area contributed by atoms with Crippen molar-refractivity contribution in [2.24, 2.45) is 7.05 Å². The minimum absolute atomic E-state index is 0.270. The first-order valence-electron chi connectivity index (χ1n) is 11.4. The van der Waals surface area contributed by atoms with Gasteiger partial charge >= 0.3 is 6.09 Å². The van der Waals surface area contributed by atoms with Crippen LogP contribution in [0.2, 0.25) is 0 Å². The summed E-state index contributed by atoms with van der Waals surface area (Å²) >= 11 is 1.68. The third kappa shape index (κ3) is 6.82. The molecule has 4 rings (SSSR count). The van der Waals surface area contributed by atoms with Crippen molar-refractivity contribution in [1.29, 1.82) is 0 Å². The van der Waals surface area contributed by atoms with Crippen LogP contribution in [0, 0.1) is 6.92 Å². The Balaban J connectivity index is 1.16. The maximum atomic E-state index is 12.6. The van der Waals surface area contributed by atoms with Gasteiger partial charge in [-0.15, -0.1) is 0 Å². The average Bonchev–Trinajstić information content (AvgIpc) is 3.24. The highest BCUT2D eigenvalue weighted by Gasteiger charge is 2.22. The highest BCUT2D eigenvalue weighted by molar-refractivity contribution is 7.98. The van der Waals surface area contributed by atoms with Gasteiger partial charge in [-0.3, -0.25) is 9.88 Å². The maximum absolute atomic E-state index is 12.6. The number of hydrogen-bond acceptors (Lipinski definition) is 6. The fourth-order valence-electron chi connectivity index (χ4n) is 3.83. The van der Waals surface area contributed by atoms with E-state index in [9.17, 15) is 4.79 Å². The molecule has 0 saturated carbocycles. The fourth-order valence-corrected chi connectivity index (χ4v) is 4.72. The van der Waals surface area contributed by atoms with Crippen LogP contribution in [0.5, 0.6) is 5.75 Å². The van der Waals surface area contributed by atoms with Crippen LogP contribution < -0.4 is 4.74 Å². The number of carbonyl (C=O) groups excluding carboxylic acids is 1. The summed E-state index contributed by atoms with van der Waals surface area (Å²) in [7, 11) is 1.99. The number of nitrogens with zero attached hydrogens (tertiary/aromatic N) is 5. The van der Waals surface area contributed by atoms with Crippen molar-refractivity contribution in [1.82, 2.24) is 24.3 Å². The monoisotopic (exact) mass is 465 g/mol. The van der Waals surface area contributed by atoms with Gasteiger partial charge in [0.15, 0.2) is 5.16 Å². The molecule has 8 heteroatoms. The van der Waals surface area contributed by atoms with Crippen LogP contribution >= 0.6 is 11.8 Å². The molecule has 1 aromatic carbocycles. The van der Waals surface area contributed by atoms with E-state index in [1.54, 1.807) is 22.9 Å². The molecule has 174 valence electrons. The summed E-state index contributed by atoms with van der Waals surface area (Å²) in [6.07, 6.45) is 5.53. The van der Waals surface area contributed by atoms with Gasteiger partial charge in [-0.2, -0.15) is 0 Å². The third-order valence-corrected chi connectivity index (χ3v) is 6.89. The number of piperazine rings is 1. The molecular formula is C25H31N5O2S. The Morgan fingerprint density at radius 3 is 2.58 bits per heavy atom. The van der Waals surface area contributed by atoms with Gasteiger partial charge in [-0.05, 0) is 56.1 Å². The predicted octanol–water partition coefficient (Wildman–Crippen LogP) is 4.17. The fraction of sp³-hybridized carbons (Fsp3) is 0.400.